The molecule has 1 atom stereocenters. The molecule has 0 aromatic heterocycles. The van der Waals surface area contributed by atoms with Crippen molar-refractivity contribution in [1.29, 1.82) is 0 Å². The lowest BCUT2D eigenvalue weighted by Crippen LogP contribution is -2.49. The molecule has 218 valence electrons. The zero-order valence-electron chi connectivity index (χ0n) is 22.6. The van der Waals surface area contributed by atoms with Gasteiger partial charge in [0.2, 0.25) is 10.0 Å². The van der Waals surface area contributed by atoms with Crippen LogP contribution in [0.25, 0.3) is 0 Å². The first kappa shape index (κ1) is 29.0. The van der Waals surface area contributed by atoms with E-state index in [0.717, 1.165) is 0 Å². The number of nitrogens with one attached hydrogen (secondary N) is 2. The minimum absolute atomic E-state index is 0.00425. The highest BCUT2D eigenvalue weighted by Crippen LogP contribution is 2.36. The first-order chi connectivity index (χ1) is 20.1. The van der Waals surface area contributed by atoms with Crippen LogP contribution in [-0.2, 0) is 30.6 Å². The molecule has 0 bridgehead atoms. The first-order valence-electron chi connectivity index (χ1n) is 13.1. The Bertz CT molecular complexity index is 1760. The van der Waals surface area contributed by atoms with Gasteiger partial charge in [-0.2, -0.15) is 0 Å². The largest absolute Gasteiger partial charge is 0.494 e. The van der Waals surface area contributed by atoms with Crippen molar-refractivity contribution in [3.63, 3.8) is 0 Å². The third kappa shape index (κ3) is 6.67. The highest BCUT2D eigenvalue weighted by Gasteiger charge is 2.36. The van der Waals surface area contributed by atoms with E-state index in [9.17, 15) is 21.6 Å². The normalized spacial score (nSPS) is 14.8. The van der Waals surface area contributed by atoms with Crippen LogP contribution in [-0.4, -0.2) is 42.0 Å². The summed E-state index contributed by atoms with van der Waals surface area (Å²) in [5.74, 6) is 0.0784. The maximum absolute atomic E-state index is 13.4. The third-order valence-electron chi connectivity index (χ3n) is 6.40. The van der Waals surface area contributed by atoms with Crippen LogP contribution in [0.5, 0.6) is 11.5 Å². The summed E-state index contributed by atoms with van der Waals surface area (Å²) >= 11 is 0. The van der Waals surface area contributed by atoms with E-state index in [-0.39, 0.29) is 22.9 Å². The SMILES string of the molecule is CCOc1ccc(NS(=O)(=O)c2ccc(NC(=O)C3CN(S(=O)(=O)Cc4ccccc4)c4ccccc4O3)cc2)cc1. The molecular formula is C30H29N3O7S2. The Balaban J connectivity index is 1.28. The van der Waals surface area contributed by atoms with Crippen LogP contribution >= 0.6 is 0 Å². The van der Waals surface area contributed by atoms with Crippen LogP contribution in [0.15, 0.2) is 108 Å². The number of nitrogens with zero attached hydrogens (tertiary/aromatic N) is 1. The number of hydrogen-bond donors (Lipinski definition) is 2. The van der Waals surface area contributed by atoms with E-state index < -0.39 is 32.1 Å². The van der Waals surface area contributed by atoms with Gasteiger partial charge in [-0.25, -0.2) is 16.8 Å². The summed E-state index contributed by atoms with van der Waals surface area (Å²) in [4.78, 5) is 13.2. The molecule has 1 aliphatic heterocycles. The van der Waals surface area contributed by atoms with Crippen LogP contribution < -0.4 is 23.8 Å². The Labute approximate surface area is 245 Å². The fraction of sp³-hybridized carbons (Fsp3) is 0.167. The van der Waals surface area contributed by atoms with Crippen molar-refractivity contribution in [2.45, 2.75) is 23.7 Å². The number of carbonyl (C=O) groups excluding carboxylic acids is 1. The number of carbonyl (C=O) groups is 1. The van der Waals surface area contributed by atoms with E-state index >= 15 is 0 Å². The number of benzene rings is 4. The summed E-state index contributed by atoms with van der Waals surface area (Å²) in [6.45, 7) is 2.13. The van der Waals surface area contributed by atoms with Gasteiger partial charge < -0.3 is 14.8 Å². The topological polar surface area (TPSA) is 131 Å². The van der Waals surface area contributed by atoms with Crippen LogP contribution in [0.3, 0.4) is 0 Å². The third-order valence-corrected chi connectivity index (χ3v) is 9.52. The molecule has 0 saturated carbocycles. The Morgan fingerprint density at radius 3 is 2.19 bits per heavy atom. The van der Waals surface area contributed by atoms with E-state index in [1.165, 1.54) is 28.6 Å². The van der Waals surface area contributed by atoms with Crippen molar-refractivity contribution in [2.24, 2.45) is 0 Å². The molecule has 0 radical (unpaired) electrons. The molecule has 0 fully saturated rings. The summed E-state index contributed by atoms with van der Waals surface area (Å²) < 4.78 is 67.5. The second-order valence-electron chi connectivity index (χ2n) is 9.42. The molecule has 0 saturated heterocycles. The monoisotopic (exact) mass is 607 g/mol. The zero-order chi connectivity index (χ0) is 29.7. The Morgan fingerprint density at radius 1 is 0.857 bits per heavy atom. The van der Waals surface area contributed by atoms with Crippen LogP contribution in [0.1, 0.15) is 12.5 Å². The second-order valence-corrected chi connectivity index (χ2v) is 13.0. The molecule has 5 rings (SSSR count). The molecule has 4 aromatic rings. The standard InChI is InChI=1S/C30H29N3O7S2/c1-2-39-25-16-12-24(13-17-25)32-42(37,38)26-18-14-23(15-19-26)31-30(34)29-20-33(27-10-6-7-11-28(27)40-29)41(35,36)21-22-8-4-3-5-9-22/h3-19,29,32H,2,20-21H2,1H3,(H,31,34). The van der Waals surface area contributed by atoms with Gasteiger partial charge in [0.25, 0.3) is 15.9 Å². The molecule has 1 aliphatic rings. The summed E-state index contributed by atoms with van der Waals surface area (Å²) in [5.41, 5.74) is 1.67. The quantitative estimate of drug-likeness (QED) is 0.269. The number of amides is 1. The van der Waals surface area contributed by atoms with Gasteiger partial charge in [0.1, 0.15) is 11.5 Å². The predicted octanol–water partition coefficient (Wildman–Crippen LogP) is 4.62. The molecule has 2 N–H and O–H groups in total. The number of hydrogen-bond acceptors (Lipinski definition) is 7. The van der Waals surface area contributed by atoms with Crippen molar-refractivity contribution in [1.82, 2.24) is 0 Å². The van der Waals surface area contributed by atoms with Gasteiger partial charge in [-0.1, -0.05) is 42.5 Å². The zero-order valence-corrected chi connectivity index (χ0v) is 24.3. The van der Waals surface area contributed by atoms with Crippen molar-refractivity contribution in [2.75, 3.05) is 27.5 Å². The van der Waals surface area contributed by atoms with Gasteiger partial charge in [-0.3, -0.25) is 13.8 Å². The molecule has 1 unspecified atom stereocenters. The lowest BCUT2D eigenvalue weighted by molar-refractivity contribution is -0.122. The van der Waals surface area contributed by atoms with Crippen LogP contribution in [0.4, 0.5) is 17.1 Å². The van der Waals surface area contributed by atoms with E-state index in [1.807, 2.05) is 6.92 Å². The molecule has 0 aliphatic carbocycles. The minimum Gasteiger partial charge on any atom is -0.494 e. The molecule has 0 spiro atoms. The highest BCUT2D eigenvalue weighted by atomic mass is 32.2. The Hall–Kier alpha value is -4.55. The van der Waals surface area contributed by atoms with Crippen LogP contribution in [0.2, 0.25) is 0 Å². The summed E-state index contributed by atoms with van der Waals surface area (Å²) in [6, 6.07) is 27.6. The van der Waals surface area contributed by atoms with Gasteiger partial charge in [0, 0.05) is 11.4 Å². The number of para-hydroxylation sites is 2. The van der Waals surface area contributed by atoms with Crippen molar-refractivity contribution in [3.05, 3.63) is 109 Å². The van der Waals surface area contributed by atoms with Crippen molar-refractivity contribution >= 4 is 43.0 Å². The highest BCUT2D eigenvalue weighted by molar-refractivity contribution is 7.92. The maximum Gasteiger partial charge on any atom is 0.267 e. The Kier molecular flexibility index (Phi) is 8.36. The predicted molar refractivity (Wildman–Crippen MR) is 161 cm³/mol. The maximum atomic E-state index is 13.4. The lowest BCUT2D eigenvalue weighted by Gasteiger charge is -2.34. The second kappa shape index (κ2) is 12.1. The van der Waals surface area contributed by atoms with E-state index in [4.69, 9.17) is 9.47 Å². The Morgan fingerprint density at radius 2 is 1.50 bits per heavy atom. The summed E-state index contributed by atoms with van der Waals surface area (Å²) in [7, 11) is -7.74. The van der Waals surface area contributed by atoms with Crippen LogP contribution in [0, 0.1) is 0 Å². The summed E-state index contributed by atoms with van der Waals surface area (Å²) in [5, 5.41) is 2.70. The average molecular weight is 608 g/mol. The summed E-state index contributed by atoms with van der Waals surface area (Å²) in [6.07, 6.45) is -1.14. The van der Waals surface area contributed by atoms with E-state index in [1.54, 1.807) is 78.9 Å². The minimum atomic E-state index is -3.89. The van der Waals surface area contributed by atoms with Gasteiger partial charge in [0.05, 0.1) is 29.5 Å². The molecule has 12 heteroatoms. The fourth-order valence-corrected chi connectivity index (χ4v) is 7.05. The molecule has 1 heterocycles. The molecule has 4 aromatic carbocycles. The lowest BCUT2D eigenvalue weighted by atomic mass is 10.2. The van der Waals surface area contributed by atoms with Crippen molar-refractivity contribution in [3.8, 4) is 11.5 Å². The molecule has 42 heavy (non-hydrogen) atoms. The van der Waals surface area contributed by atoms with Crippen molar-refractivity contribution < 1.29 is 31.1 Å². The number of rotatable bonds is 10. The van der Waals surface area contributed by atoms with E-state index in [2.05, 4.69) is 10.0 Å². The van der Waals surface area contributed by atoms with Gasteiger partial charge in [0.15, 0.2) is 6.10 Å². The molecule has 1 amide bonds. The molecular weight excluding hydrogens is 578 g/mol. The van der Waals surface area contributed by atoms with E-state index in [0.29, 0.717) is 35.0 Å². The molecule has 10 nitrogen and oxygen atoms in total. The first-order valence-corrected chi connectivity index (χ1v) is 16.2. The number of sulfonamides is 2. The van der Waals surface area contributed by atoms with Gasteiger partial charge in [-0.15, -0.1) is 0 Å². The number of fused-ring (bicyclic) bond motifs is 1. The van der Waals surface area contributed by atoms with Gasteiger partial charge in [-0.05, 0) is 73.2 Å². The average Bonchev–Trinajstić information content (AvgIpc) is 2.98. The van der Waals surface area contributed by atoms with Gasteiger partial charge >= 0.3 is 0 Å². The fourth-order valence-electron chi connectivity index (χ4n) is 4.41. The number of ether oxygens (including phenoxy) is 2. The number of anilines is 3. The smallest absolute Gasteiger partial charge is 0.267 e.